The van der Waals surface area contributed by atoms with E-state index in [-0.39, 0.29) is 0 Å². The van der Waals surface area contributed by atoms with E-state index in [4.69, 9.17) is 0 Å². The number of aliphatic hydroxyl groups excluding tert-OH is 1. The van der Waals surface area contributed by atoms with E-state index in [1.807, 2.05) is 42.5 Å². The van der Waals surface area contributed by atoms with Crippen molar-refractivity contribution in [2.45, 2.75) is 19.4 Å². The average Bonchev–Trinajstić information content (AvgIpc) is 2.62. The van der Waals surface area contributed by atoms with E-state index < -0.39 is 6.10 Å². The maximum absolute atomic E-state index is 10.5. The van der Waals surface area contributed by atoms with Gasteiger partial charge in [-0.25, -0.2) is 0 Å². The van der Waals surface area contributed by atoms with Gasteiger partial charge in [-0.05, 0) is 34.2 Å². The monoisotopic (exact) mass is 288 g/mol. The highest BCUT2D eigenvalue weighted by Crippen LogP contribution is 2.25. The van der Waals surface area contributed by atoms with Gasteiger partial charge in [-0.1, -0.05) is 85.8 Å². The Kier molecular flexibility index (Phi) is 4.36. The van der Waals surface area contributed by atoms with E-state index in [1.54, 1.807) is 0 Å². The third-order valence-corrected chi connectivity index (χ3v) is 4.04. The fourth-order valence-corrected chi connectivity index (χ4v) is 2.62. The highest BCUT2D eigenvalue weighted by molar-refractivity contribution is 5.63. The fraction of sp³-hybridized carbons (Fsp3) is 0.143. The van der Waals surface area contributed by atoms with E-state index in [0.717, 1.165) is 23.1 Å². The molecule has 1 unspecified atom stereocenters. The van der Waals surface area contributed by atoms with Crippen molar-refractivity contribution in [1.82, 2.24) is 0 Å². The molecular weight excluding hydrogens is 268 g/mol. The van der Waals surface area contributed by atoms with Crippen LogP contribution in [-0.2, 0) is 6.42 Å². The summed E-state index contributed by atoms with van der Waals surface area (Å²) >= 11 is 0. The Balaban J connectivity index is 1.82. The summed E-state index contributed by atoms with van der Waals surface area (Å²) in [4.78, 5) is 0. The van der Waals surface area contributed by atoms with Crippen molar-refractivity contribution < 1.29 is 5.11 Å². The SMILES string of the molecule is CCc1ccc(C(O)c2ccc(-c3ccccc3)cc2)cc1. The molecule has 0 aliphatic rings. The van der Waals surface area contributed by atoms with E-state index in [1.165, 1.54) is 11.1 Å². The summed E-state index contributed by atoms with van der Waals surface area (Å²) in [6.07, 6.45) is 0.443. The van der Waals surface area contributed by atoms with Crippen LogP contribution in [0.3, 0.4) is 0 Å². The first-order chi connectivity index (χ1) is 10.8. The second-order valence-corrected chi connectivity index (χ2v) is 5.49. The van der Waals surface area contributed by atoms with Gasteiger partial charge in [0.05, 0.1) is 0 Å². The summed E-state index contributed by atoms with van der Waals surface area (Å²) in [6.45, 7) is 2.13. The largest absolute Gasteiger partial charge is 0.384 e. The summed E-state index contributed by atoms with van der Waals surface area (Å²) in [5.41, 5.74) is 5.50. The molecule has 3 rings (SSSR count). The van der Waals surface area contributed by atoms with Crippen LogP contribution in [0.15, 0.2) is 78.9 Å². The number of hydrogen-bond donors (Lipinski definition) is 1. The number of rotatable bonds is 4. The molecule has 1 atom stereocenters. The summed E-state index contributed by atoms with van der Waals surface area (Å²) in [5.74, 6) is 0. The maximum atomic E-state index is 10.5. The Labute approximate surface area is 131 Å². The first kappa shape index (κ1) is 14.6. The zero-order chi connectivity index (χ0) is 15.4. The highest BCUT2D eigenvalue weighted by Gasteiger charge is 2.10. The molecule has 0 bridgehead atoms. The lowest BCUT2D eigenvalue weighted by atomic mass is 9.97. The third kappa shape index (κ3) is 3.10. The molecule has 3 aromatic carbocycles. The molecular formula is C21H20O. The van der Waals surface area contributed by atoms with Crippen LogP contribution in [0.4, 0.5) is 0 Å². The number of aryl methyl sites for hydroxylation is 1. The molecule has 0 aromatic heterocycles. The Bertz CT molecular complexity index is 712. The first-order valence-corrected chi connectivity index (χ1v) is 7.70. The van der Waals surface area contributed by atoms with Crippen LogP contribution in [0, 0.1) is 0 Å². The average molecular weight is 288 g/mol. The molecule has 0 fully saturated rings. The van der Waals surface area contributed by atoms with Crippen LogP contribution in [0.1, 0.15) is 29.7 Å². The Morgan fingerprint density at radius 2 is 1.18 bits per heavy atom. The van der Waals surface area contributed by atoms with Gasteiger partial charge in [0.25, 0.3) is 0 Å². The molecule has 0 aliphatic heterocycles. The smallest absolute Gasteiger partial charge is 0.104 e. The zero-order valence-corrected chi connectivity index (χ0v) is 12.7. The van der Waals surface area contributed by atoms with Gasteiger partial charge in [-0.3, -0.25) is 0 Å². The lowest BCUT2D eigenvalue weighted by Gasteiger charge is -2.13. The van der Waals surface area contributed by atoms with Crippen molar-refractivity contribution >= 4 is 0 Å². The Morgan fingerprint density at radius 3 is 1.73 bits per heavy atom. The van der Waals surface area contributed by atoms with Crippen LogP contribution < -0.4 is 0 Å². The predicted molar refractivity (Wildman–Crippen MR) is 91.8 cm³/mol. The minimum Gasteiger partial charge on any atom is -0.384 e. The summed E-state index contributed by atoms with van der Waals surface area (Å²) in [5, 5.41) is 10.5. The Hall–Kier alpha value is -2.38. The van der Waals surface area contributed by atoms with Crippen LogP contribution in [0.2, 0.25) is 0 Å². The minimum atomic E-state index is -0.573. The molecule has 0 radical (unpaired) electrons. The van der Waals surface area contributed by atoms with Gasteiger partial charge in [0.1, 0.15) is 6.10 Å². The van der Waals surface area contributed by atoms with Crippen molar-refractivity contribution in [3.05, 3.63) is 95.6 Å². The van der Waals surface area contributed by atoms with E-state index >= 15 is 0 Å². The van der Waals surface area contributed by atoms with E-state index in [2.05, 4.69) is 43.3 Å². The summed E-state index contributed by atoms with van der Waals surface area (Å²) < 4.78 is 0. The zero-order valence-electron chi connectivity index (χ0n) is 12.7. The normalized spacial score (nSPS) is 12.1. The lowest BCUT2D eigenvalue weighted by Crippen LogP contribution is -1.99. The third-order valence-electron chi connectivity index (χ3n) is 4.04. The topological polar surface area (TPSA) is 20.2 Å². The molecule has 110 valence electrons. The van der Waals surface area contributed by atoms with E-state index in [0.29, 0.717) is 0 Å². The second kappa shape index (κ2) is 6.59. The van der Waals surface area contributed by atoms with Crippen molar-refractivity contribution in [2.24, 2.45) is 0 Å². The fourth-order valence-electron chi connectivity index (χ4n) is 2.62. The van der Waals surface area contributed by atoms with Gasteiger partial charge >= 0.3 is 0 Å². The molecule has 0 heterocycles. The summed E-state index contributed by atoms with van der Waals surface area (Å²) in [6, 6.07) is 26.6. The molecule has 0 saturated carbocycles. The standard InChI is InChI=1S/C21H20O/c1-2-16-8-10-19(11-9-16)21(22)20-14-12-18(13-15-20)17-6-4-3-5-7-17/h3-15,21-22H,2H2,1H3. The molecule has 3 aromatic rings. The van der Waals surface area contributed by atoms with Gasteiger partial charge < -0.3 is 5.11 Å². The van der Waals surface area contributed by atoms with Gasteiger partial charge in [0.2, 0.25) is 0 Å². The molecule has 1 heteroatoms. The van der Waals surface area contributed by atoms with Crippen LogP contribution in [0.25, 0.3) is 11.1 Å². The van der Waals surface area contributed by atoms with Crippen molar-refractivity contribution in [3.8, 4) is 11.1 Å². The molecule has 1 nitrogen and oxygen atoms in total. The second-order valence-electron chi connectivity index (χ2n) is 5.49. The lowest BCUT2D eigenvalue weighted by molar-refractivity contribution is 0.220. The predicted octanol–water partition coefficient (Wildman–Crippen LogP) is 5.00. The maximum Gasteiger partial charge on any atom is 0.104 e. The number of aliphatic hydroxyl groups is 1. The van der Waals surface area contributed by atoms with Crippen LogP contribution >= 0.6 is 0 Å². The van der Waals surface area contributed by atoms with Crippen molar-refractivity contribution in [2.75, 3.05) is 0 Å². The number of benzene rings is 3. The van der Waals surface area contributed by atoms with Crippen molar-refractivity contribution in [3.63, 3.8) is 0 Å². The van der Waals surface area contributed by atoms with Gasteiger partial charge in [-0.15, -0.1) is 0 Å². The molecule has 0 aliphatic carbocycles. The minimum absolute atomic E-state index is 0.573. The van der Waals surface area contributed by atoms with Crippen LogP contribution in [0.5, 0.6) is 0 Å². The highest BCUT2D eigenvalue weighted by atomic mass is 16.3. The molecule has 0 spiro atoms. The van der Waals surface area contributed by atoms with Crippen molar-refractivity contribution in [1.29, 1.82) is 0 Å². The van der Waals surface area contributed by atoms with Gasteiger partial charge in [-0.2, -0.15) is 0 Å². The number of hydrogen-bond acceptors (Lipinski definition) is 1. The molecule has 22 heavy (non-hydrogen) atoms. The molecule has 1 N–H and O–H groups in total. The van der Waals surface area contributed by atoms with Crippen LogP contribution in [-0.4, -0.2) is 5.11 Å². The molecule has 0 saturated heterocycles. The quantitative estimate of drug-likeness (QED) is 0.716. The first-order valence-electron chi connectivity index (χ1n) is 7.70. The Morgan fingerprint density at radius 1 is 0.682 bits per heavy atom. The van der Waals surface area contributed by atoms with Gasteiger partial charge in [0.15, 0.2) is 0 Å². The van der Waals surface area contributed by atoms with E-state index in [9.17, 15) is 5.11 Å². The molecule has 0 amide bonds. The van der Waals surface area contributed by atoms with Gasteiger partial charge in [0, 0.05) is 0 Å². The summed E-state index contributed by atoms with van der Waals surface area (Å²) in [7, 11) is 0.